The second kappa shape index (κ2) is 6.18. The summed E-state index contributed by atoms with van der Waals surface area (Å²) in [7, 11) is 0. The molecular formula is C6H12N2O5. The van der Waals surface area contributed by atoms with Gasteiger partial charge in [0.15, 0.2) is 0 Å². The number of nitrogens with zero attached hydrogens (tertiary/aromatic N) is 1. The SMILES string of the molecule is C[C@H](N)C(=O)OCCCO[N+](=O)[O-]. The summed E-state index contributed by atoms with van der Waals surface area (Å²) < 4.78 is 4.62. The van der Waals surface area contributed by atoms with Crippen molar-refractivity contribution in [3.05, 3.63) is 10.1 Å². The van der Waals surface area contributed by atoms with Crippen LogP contribution >= 0.6 is 0 Å². The van der Waals surface area contributed by atoms with Crippen LogP contribution in [0.15, 0.2) is 0 Å². The van der Waals surface area contributed by atoms with Crippen LogP contribution in [0.25, 0.3) is 0 Å². The minimum Gasteiger partial charge on any atom is -0.464 e. The highest BCUT2D eigenvalue weighted by molar-refractivity contribution is 5.74. The van der Waals surface area contributed by atoms with Gasteiger partial charge in [0.05, 0.1) is 13.2 Å². The summed E-state index contributed by atoms with van der Waals surface area (Å²) in [6.07, 6.45) is 0.277. The summed E-state index contributed by atoms with van der Waals surface area (Å²) in [6, 6.07) is -0.670. The van der Waals surface area contributed by atoms with Crippen molar-refractivity contribution in [3.8, 4) is 0 Å². The van der Waals surface area contributed by atoms with Crippen molar-refractivity contribution in [1.82, 2.24) is 0 Å². The molecule has 1 atom stereocenters. The third-order valence-electron chi connectivity index (χ3n) is 1.10. The molecule has 0 aromatic rings. The number of nitrogens with two attached hydrogens (primary N) is 1. The predicted octanol–water partition coefficient (Wildman–Crippen LogP) is -0.525. The second-order valence-corrected chi connectivity index (χ2v) is 2.37. The fourth-order valence-electron chi connectivity index (χ4n) is 0.502. The molecule has 0 aliphatic rings. The largest absolute Gasteiger partial charge is 0.464 e. The third-order valence-corrected chi connectivity index (χ3v) is 1.10. The predicted molar refractivity (Wildman–Crippen MR) is 42.2 cm³/mol. The molecule has 0 fully saturated rings. The molecule has 0 radical (unpaired) electrons. The summed E-state index contributed by atoms with van der Waals surface area (Å²) in [5.41, 5.74) is 5.18. The Morgan fingerprint density at radius 3 is 2.69 bits per heavy atom. The Bertz CT molecular complexity index is 182. The molecule has 0 aromatic carbocycles. The van der Waals surface area contributed by atoms with Gasteiger partial charge in [0.2, 0.25) is 0 Å². The molecular weight excluding hydrogens is 180 g/mol. The molecule has 7 heteroatoms. The number of hydrogen-bond acceptors (Lipinski definition) is 6. The third kappa shape index (κ3) is 7.01. The summed E-state index contributed by atoms with van der Waals surface area (Å²) >= 11 is 0. The lowest BCUT2D eigenvalue weighted by Crippen LogP contribution is -2.29. The molecule has 0 amide bonds. The number of ether oxygens (including phenoxy) is 1. The van der Waals surface area contributed by atoms with E-state index in [2.05, 4.69) is 9.57 Å². The van der Waals surface area contributed by atoms with E-state index in [1.54, 1.807) is 0 Å². The average molecular weight is 192 g/mol. The Balaban J connectivity index is 3.26. The smallest absolute Gasteiger partial charge is 0.322 e. The van der Waals surface area contributed by atoms with E-state index >= 15 is 0 Å². The van der Waals surface area contributed by atoms with Crippen LogP contribution in [0.4, 0.5) is 0 Å². The molecule has 0 aliphatic carbocycles. The molecule has 0 saturated heterocycles. The van der Waals surface area contributed by atoms with E-state index in [-0.39, 0.29) is 19.6 Å². The van der Waals surface area contributed by atoms with Gasteiger partial charge in [-0.05, 0) is 6.92 Å². The molecule has 0 bridgehead atoms. The van der Waals surface area contributed by atoms with Crippen LogP contribution in [0.1, 0.15) is 13.3 Å². The van der Waals surface area contributed by atoms with Crippen molar-refractivity contribution >= 4 is 5.97 Å². The molecule has 0 rings (SSSR count). The maximum absolute atomic E-state index is 10.7. The molecule has 13 heavy (non-hydrogen) atoms. The maximum Gasteiger partial charge on any atom is 0.322 e. The summed E-state index contributed by atoms with van der Waals surface area (Å²) in [4.78, 5) is 24.4. The first-order chi connectivity index (χ1) is 6.04. The van der Waals surface area contributed by atoms with Gasteiger partial charge in [0.25, 0.3) is 5.09 Å². The Kier molecular flexibility index (Phi) is 5.53. The standard InChI is InChI=1S/C6H12N2O5/c1-5(7)6(9)12-3-2-4-13-8(10)11/h5H,2-4,7H2,1H3/t5-/m0/s1. The average Bonchev–Trinajstić information content (AvgIpc) is 2.02. The molecule has 0 aromatic heterocycles. The van der Waals surface area contributed by atoms with Crippen LogP contribution in [0, 0.1) is 10.1 Å². The minimum atomic E-state index is -0.895. The fraction of sp³-hybridized carbons (Fsp3) is 0.833. The maximum atomic E-state index is 10.7. The number of rotatable bonds is 6. The normalized spacial score (nSPS) is 11.8. The van der Waals surface area contributed by atoms with Crippen molar-refractivity contribution in [2.24, 2.45) is 5.73 Å². The number of carbonyl (C=O) groups is 1. The van der Waals surface area contributed by atoms with E-state index < -0.39 is 17.1 Å². The van der Waals surface area contributed by atoms with Gasteiger partial charge in [-0.25, -0.2) is 0 Å². The van der Waals surface area contributed by atoms with Crippen molar-refractivity contribution in [3.63, 3.8) is 0 Å². The first-order valence-electron chi connectivity index (χ1n) is 3.73. The van der Waals surface area contributed by atoms with Crippen LogP contribution in [0.3, 0.4) is 0 Å². The summed E-state index contributed by atoms with van der Waals surface area (Å²) in [5.74, 6) is -0.527. The second-order valence-electron chi connectivity index (χ2n) is 2.37. The number of carbonyl (C=O) groups excluding carboxylic acids is 1. The van der Waals surface area contributed by atoms with Gasteiger partial charge in [-0.1, -0.05) is 0 Å². The van der Waals surface area contributed by atoms with Crippen LogP contribution in [0.2, 0.25) is 0 Å². The van der Waals surface area contributed by atoms with Gasteiger partial charge in [-0.2, -0.15) is 0 Å². The van der Waals surface area contributed by atoms with E-state index in [1.165, 1.54) is 6.92 Å². The molecule has 7 nitrogen and oxygen atoms in total. The molecule has 0 heterocycles. The number of hydrogen-bond donors (Lipinski definition) is 1. The topological polar surface area (TPSA) is 105 Å². The summed E-state index contributed by atoms with van der Waals surface area (Å²) in [5, 5.41) is 8.76. The highest BCUT2D eigenvalue weighted by atomic mass is 16.9. The molecule has 76 valence electrons. The first kappa shape index (κ1) is 11.6. The minimum absolute atomic E-state index is 0.0776. The van der Waals surface area contributed by atoms with Gasteiger partial charge < -0.3 is 15.3 Å². The van der Waals surface area contributed by atoms with E-state index in [1.807, 2.05) is 0 Å². The van der Waals surface area contributed by atoms with Crippen LogP contribution < -0.4 is 5.73 Å². The molecule has 0 spiro atoms. The van der Waals surface area contributed by atoms with E-state index in [0.717, 1.165) is 0 Å². The zero-order chi connectivity index (χ0) is 10.3. The van der Waals surface area contributed by atoms with Crippen LogP contribution in [-0.4, -0.2) is 30.3 Å². The van der Waals surface area contributed by atoms with Crippen molar-refractivity contribution in [1.29, 1.82) is 0 Å². The van der Waals surface area contributed by atoms with Crippen molar-refractivity contribution in [2.75, 3.05) is 13.2 Å². The molecule has 0 saturated carbocycles. The first-order valence-corrected chi connectivity index (χ1v) is 3.73. The van der Waals surface area contributed by atoms with Crippen molar-refractivity contribution in [2.45, 2.75) is 19.4 Å². The summed E-state index contributed by atoms with van der Waals surface area (Å²) in [6.45, 7) is 1.49. The van der Waals surface area contributed by atoms with Gasteiger partial charge in [0, 0.05) is 6.42 Å². The zero-order valence-electron chi connectivity index (χ0n) is 7.26. The van der Waals surface area contributed by atoms with Gasteiger partial charge in [-0.15, -0.1) is 10.1 Å². The van der Waals surface area contributed by atoms with Gasteiger partial charge >= 0.3 is 5.97 Å². The Hall–Kier alpha value is -1.37. The Labute approximate surface area is 74.9 Å². The fourth-order valence-corrected chi connectivity index (χ4v) is 0.502. The molecule has 0 aliphatic heterocycles. The van der Waals surface area contributed by atoms with Gasteiger partial charge in [-0.3, -0.25) is 4.79 Å². The lowest BCUT2D eigenvalue weighted by atomic mass is 10.4. The van der Waals surface area contributed by atoms with Crippen LogP contribution in [0.5, 0.6) is 0 Å². The van der Waals surface area contributed by atoms with Crippen molar-refractivity contribution < 1.29 is 19.5 Å². The molecule has 0 unspecified atom stereocenters. The van der Waals surface area contributed by atoms with E-state index in [0.29, 0.717) is 0 Å². The lowest BCUT2D eigenvalue weighted by molar-refractivity contribution is -0.757. The lowest BCUT2D eigenvalue weighted by Gasteiger charge is -2.05. The van der Waals surface area contributed by atoms with E-state index in [4.69, 9.17) is 5.73 Å². The number of esters is 1. The van der Waals surface area contributed by atoms with E-state index in [9.17, 15) is 14.9 Å². The highest BCUT2D eigenvalue weighted by Gasteiger charge is 2.07. The quantitative estimate of drug-likeness (QED) is 0.262. The Morgan fingerprint density at radius 1 is 1.62 bits per heavy atom. The Morgan fingerprint density at radius 2 is 2.23 bits per heavy atom. The highest BCUT2D eigenvalue weighted by Crippen LogP contribution is 1.88. The van der Waals surface area contributed by atoms with Crippen LogP contribution in [-0.2, 0) is 14.4 Å². The van der Waals surface area contributed by atoms with Gasteiger partial charge in [0.1, 0.15) is 6.04 Å². The monoisotopic (exact) mass is 192 g/mol. The zero-order valence-corrected chi connectivity index (χ0v) is 7.26. The molecule has 2 N–H and O–H groups in total.